The fourth-order valence-electron chi connectivity index (χ4n) is 3.37. The van der Waals surface area contributed by atoms with Gasteiger partial charge >= 0.3 is 0 Å². The topological polar surface area (TPSA) is 65.8 Å². The normalized spacial score (nSPS) is 16.3. The summed E-state index contributed by atoms with van der Waals surface area (Å²) in [6.45, 7) is 7.40. The summed E-state index contributed by atoms with van der Waals surface area (Å²) in [6, 6.07) is 12.9. The van der Waals surface area contributed by atoms with E-state index in [0.717, 1.165) is 18.7 Å². The Morgan fingerprint density at radius 2 is 1.74 bits per heavy atom. The quantitative estimate of drug-likeness (QED) is 0.848. The Bertz CT molecular complexity index is 735. The number of rotatable bonds is 6. The van der Waals surface area contributed by atoms with Gasteiger partial charge in [0.2, 0.25) is 5.91 Å². The van der Waals surface area contributed by atoms with Crippen LogP contribution in [0.5, 0.6) is 0 Å². The number of furan rings is 1. The van der Waals surface area contributed by atoms with E-state index in [1.165, 1.54) is 6.26 Å². The highest BCUT2D eigenvalue weighted by Gasteiger charge is 2.30. The summed E-state index contributed by atoms with van der Waals surface area (Å²) in [5.41, 5.74) is 1.01. The van der Waals surface area contributed by atoms with Gasteiger partial charge in [0.15, 0.2) is 5.76 Å². The molecule has 0 bridgehead atoms. The highest BCUT2D eigenvalue weighted by Crippen LogP contribution is 2.12. The van der Waals surface area contributed by atoms with Gasteiger partial charge in [-0.3, -0.25) is 14.5 Å². The van der Waals surface area contributed by atoms with Crippen molar-refractivity contribution in [1.82, 2.24) is 15.1 Å². The van der Waals surface area contributed by atoms with E-state index in [0.29, 0.717) is 25.6 Å². The van der Waals surface area contributed by atoms with Crippen molar-refractivity contribution in [2.24, 2.45) is 0 Å². The summed E-state index contributed by atoms with van der Waals surface area (Å²) in [6.07, 6.45) is 1.91. The molecule has 1 unspecified atom stereocenters. The van der Waals surface area contributed by atoms with Crippen molar-refractivity contribution in [2.75, 3.05) is 26.2 Å². The fourth-order valence-corrected chi connectivity index (χ4v) is 3.37. The molecule has 27 heavy (non-hydrogen) atoms. The zero-order valence-corrected chi connectivity index (χ0v) is 15.9. The molecule has 1 aliphatic rings. The van der Waals surface area contributed by atoms with Crippen LogP contribution in [-0.2, 0) is 11.2 Å². The van der Waals surface area contributed by atoms with E-state index in [-0.39, 0.29) is 17.6 Å². The van der Waals surface area contributed by atoms with Crippen LogP contribution in [0.1, 0.15) is 30.0 Å². The van der Waals surface area contributed by atoms with E-state index in [1.54, 1.807) is 12.1 Å². The maximum atomic E-state index is 13.1. The summed E-state index contributed by atoms with van der Waals surface area (Å²) in [7, 11) is 0. The van der Waals surface area contributed by atoms with E-state index >= 15 is 0 Å². The minimum Gasteiger partial charge on any atom is -0.459 e. The van der Waals surface area contributed by atoms with Crippen molar-refractivity contribution < 1.29 is 14.0 Å². The lowest BCUT2D eigenvalue weighted by molar-refractivity contribution is -0.135. The molecule has 0 spiro atoms. The van der Waals surface area contributed by atoms with Crippen molar-refractivity contribution in [1.29, 1.82) is 0 Å². The van der Waals surface area contributed by atoms with Gasteiger partial charge in [0.25, 0.3) is 5.91 Å². The standard InChI is InChI=1S/C21H27N3O3/c1-16(2)23-10-12-24(13-11-23)21(26)18(15-17-7-4-3-5-8-17)22-20(25)19-9-6-14-27-19/h3-9,14,16,18H,10-13,15H2,1-2H3,(H,22,25). The van der Waals surface area contributed by atoms with Crippen LogP contribution >= 0.6 is 0 Å². The summed E-state index contributed by atoms with van der Waals surface area (Å²) < 4.78 is 5.17. The zero-order chi connectivity index (χ0) is 19.2. The van der Waals surface area contributed by atoms with Gasteiger partial charge in [-0.25, -0.2) is 0 Å². The van der Waals surface area contributed by atoms with Crippen LogP contribution in [0.4, 0.5) is 0 Å². The number of amides is 2. The minimum atomic E-state index is -0.615. The van der Waals surface area contributed by atoms with Gasteiger partial charge < -0.3 is 14.6 Å². The molecule has 6 heteroatoms. The number of piperazine rings is 1. The Morgan fingerprint density at radius 3 is 2.33 bits per heavy atom. The summed E-state index contributed by atoms with van der Waals surface area (Å²) in [4.78, 5) is 29.8. The Balaban J connectivity index is 1.70. The summed E-state index contributed by atoms with van der Waals surface area (Å²) in [5, 5.41) is 2.86. The molecule has 1 saturated heterocycles. The largest absolute Gasteiger partial charge is 0.459 e. The van der Waals surface area contributed by atoms with Gasteiger partial charge in [0.05, 0.1) is 6.26 Å². The monoisotopic (exact) mass is 369 g/mol. The Kier molecular flexibility index (Phi) is 6.29. The second kappa shape index (κ2) is 8.86. The molecule has 1 atom stereocenters. The van der Waals surface area contributed by atoms with Crippen LogP contribution in [0, 0.1) is 0 Å². The van der Waals surface area contributed by atoms with Gasteiger partial charge in [0.1, 0.15) is 6.04 Å². The number of nitrogens with zero attached hydrogens (tertiary/aromatic N) is 2. The van der Waals surface area contributed by atoms with Gasteiger partial charge in [-0.05, 0) is 31.5 Å². The van der Waals surface area contributed by atoms with Crippen molar-refractivity contribution >= 4 is 11.8 Å². The van der Waals surface area contributed by atoms with Crippen molar-refractivity contribution in [3.05, 3.63) is 60.1 Å². The Morgan fingerprint density at radius 1 is 1.04 bits per heavy atom. The Hall–Kier alpha value is -2.60. The second-order valence-electron chi connectivity index (χ2n) is 7.15. The predicted octanol–water partition coefficient (Wildman–Crippen LogP) is 2.17. The van der Waals surface area contributed by atoms with E-state index in [2.05, 4.69) is 24.1 Å². The molecule has 1 N–H and O–H groups in total. The molecular weight excluding hydrogens is 342 g/mol. The van der Waals surface area contributed by atoms with Crippen LogP contribution in [0.15, 0.2) is 53.1 Å². The SMILES string of the molecule is CC(C)N1CCN(C(=O)C(Cc2ccccc2)NC(=O)c2ccco2)CC1. The minimum absolute atomic E-state index is 0.0397. The first-order valence-corrected chi connectivity index (χ1v) is 9.45. The first-order chi connectivity index (χ1) is 13.0. The van der Waals surface area contributed by atoms with E-state index < -0.39 is 6.04 Å². The molecule has 144 valence electrons. The molecule has 1 fully saturated rings. The zero-order valence-electron chi connectivity index (χ0n) is 15.9. The molecule has 3 rings (SSSR count). The maximum absolute atomic E-state index is 13.1. The maximum Gasteiger partial charge on any atom is 0.287 e. The third-order valence-corrected chi connectivity index (χ3v) is 4.99. The van der Waals surface area contributed by atoms with Crippen LogP contribution in [-0.4, -0.2) is 59.9 Å². The summed E-state index contributed by atoms with van der Waals surface area (Å²) >= 11 is 0. The van der Waals surface area contributed by atoms with Crippen molar-refractivity contribution in [3.63, 3.8) is 0 Å². The number of hydrogen-bond acceptors (Lipinski definition) is 4. The lowest BCUT2D eigenvalue weighted by atomic mass is 10.0. The van der Waals surface area contributed by atoms with Crippen LogP contribution < -0.4 is 5.32 Å². The van der Waals surface area contributed by atoms with Gasteiger partial charge in [-0.1, -0.05) is 30.3 Å². The fraction of sp³-hybridized carbons (Fsp3) is 0.429. The van der Waals surface area contributed by atoms with Gasteiger partial charge in [0, 0.05) is 38.6 Å². The molecule has 2 aromatic rings. The molecular formula is C21H27N3O3. The molecule has 0 radical (unpaired) electrons. The molecule has 0 aliphatic carbocycles. The average molecular weight is 369 g/mol. The third-order valence-electron chi connectivity index (χ3n) is 4.99. The number of carbonyl (C=O) groups is 2. The lowest BCUT2D eigenvalue weighted by Gasteiger charge is -2.38. The summed E-state index contributed by atoms with van der Waals surface area (Å²) in [5.74, 6) is -0.192. The van der Waals surface area contributed by atoms with Crippen molar-refractivity contribution in [2.45, 2.75) is 32.4 Å². The number of nitrogens with one attached hydrogen (secondary N) is 1. The average Bonchev–Trinajstić information content (AvgIpc) is 3.23. The second-order valence-corrected chi connectivity index (χ2v) is 7.15. The van der Waals surface area contributed by atoms with Crippen LogP contribution in [0.2, 0.25) is 0 Å². The van der Waals surface area contributed by atoms with Gasteiger partial charge in [-0.2, -0.15) is 0 Å². The molecule has 0 saturated carbocycles. The molecule has 1 aliphatic heterocycles. The number of benzene rings is 1. The van der Waals surface area contributed by atoms with Crippen LogP contribution in [0.25, 0.3) is 0 Å². The lowest BCUT2D eigenvalue weighted by Crippen LogP contribution is -2.56. The van der Waals surface area contributed by atoms with Crippen molar-refractivity contribution in [3.8, 4) is 0 Å². The van der Waals surface area contributed by atoms with E-state index in [9.17, 15) is 9.59 Å². The highest BCUT2D eigenvalue weighted by molar-refractivity contribution is 5.95. The first kappa shape index (κ1) is 19.2. The number of hydrogen-bond donors (Lipinski definition) is 1. The molecule has 6 nitrogen and oxygen atoms in total. The Labute approximate surface area is 160 Å². The molecule has 1 aromatic heterocycles. The van der Waals surface area contributed by atoms with Crippen LogP contribution in [0.3, 0.4) is 0 Å². The van der Waals surface area contributed by atoms with E-state index in [4.69, 9.17) is 4.42 Å². The smallest absolute Gasteiger partial charge is 0.287 e. The number of carbonyl (C=O) groups excluding carboxylic acids is 2. The molecule has 2 heterocycles. The van der Waals surface area contributed by atoms with E-state index in [1.807, 2.05) is 35.2 Å². The molecule has 2 amide bonds. The predicted molar refractivity (Wildman–Crippen MR) is 103 cm³/mol. The third kappa shape index (κ3) is 4.98. The van der Waals surface area contributed by atoms with Gasteiger partial charge in [-0.15, -0.1) is 0 Å². The highest BCUT2D eigenvalue weighted by atomic mass is 16.3. The molecule has 1 aromatic carbocycles. The first-order valence-electron chi connectivity index (χ1n) is 9.45.